The van der Waals surface area contributed by atoms with E-state index in [2.05, 4.69) is 10.7 Å². The van der Waals surface area contributed by atoms with Crippen LogP contribution in [0.1, 0.15) is 16.8 Å². The van der Waals surface area contributed by atoms with Crippen molar-refractivity contribution < 1.29 is 13.9 Å². The van der Waals surface area contributed by atoms with Gasteiger partial charge in [0.15, 0.2) is 17.3 Å². The summed E-state index contributed by atoms with van der Waals surface area (Å²) in [5, 5.41) is 5.15. The van der Waals surface area contributed by atoms with Gasteiger partial charge >= 0.3 is 0 Å². The Morgan fingerprint density at radius 3 is 2.83 bits per heavy atom. The maximum Gasteiger partial charge on any atom is 0.272 e. The molecule has 0 aliphatic carbocycles. The average Bonchev–Trinajstić information content (AvgIpc) is 3.04. The first-order valence-corrected chi connectivity index (χ1v) is 12.6. The number of nitrogens with one attached hydrogen (secondary N) is 2. The molecule has 11 heteroatoms. The lowest BCUT2D eigenvalue weighted by Gasteiger charge is -2.27. The van der Waals surface area contributed by atoms with Gasteiger partial charge in [-0.1, -0.05) is 12.1 Å². The van der Waals surface area contributed by atoms with Gasteiger partial charge in [-0.25, -0.2) is 14.4 Å². The maximum absolute atomic E-state index is 15.4. The summed E-state index contributed by atoms with van der Waals surface area (Å²) in [4.78, 5) is 34.1. The molecule has 2 N–H and O–H groups in total. The molecule has 0 atom stereocenters. The van der Waals surface area contributed by atoms with Crippen molar-refractivity contribution >= 4 is 49.1 Å². The number of para-hydroxylation sites is 1. The van der Waals surface area contributed by atoms with Crippen LogP contribution in [-0.2, 0) is 4.74 Å². The molecule has 2 fully saturated rings. The number of hydrazine groups is 1. The minimum Gasteiger partial charge on any atom is -0.379 e. The minimum atomic E-state index is -0.560. The fraction of sp³-hybridized carbons (Fsp3) is 0.375. The number of pyridine rings is 2. The third-order valence-electron chi connectivity index (χ3n) is 6.49. The molecule has 1 aromatic carbocycles. The zero-order valence-electron chi connectivity index (χ0n) is 19.1. The molecule has 0 unspecified atom stereocenters. The number of carbonyl (C=O) groups excluding carboxylic acids is 1. The highest BCUT2D eigenvalue weighted by Crippen LogP contribution is 2.32. The molecule has 2 aliphatic heterocycles. The van der Waals surface area contributed by atoms with Gasteiger partial charge in [-0.15, -0.1) is 11.3 Å². The maximum atomic E-state index is 15.4. The fourth-order valence-corrected chi connectivity index (χ4v) is 5.94. The fourth-order valence-electron chi connectivity index (χ4n) is 4.75. The van der Waals surface area contributed by atoms with Crippen LogP contribution >= 0.6 is 11.3 Å². The minimum absolute atomic E-state index is 0.00175. The van der Waals surface area contributed by atoms with Crippen molar-refractivity contribution in [3.63, 3.8) is 0 Å². The number of aromatic nitrogens is 2. The summed E-state index contributed by atoms with van der Waals surface area (Å²) >= 11 is 1.36. The molecule has 6 rings (SSSR count). The molecule has 9 nitrogen and oxygen atoms in total. The Kier molecular flexibility index (Phi) is 5.85. The van der Waals surface area contributed by atoms with E-state index in [1.807, 2.05) is 33.6 Å². The van der Waals surface area contributed by atoms with Crippen LogP contribution in [0.5, 0.6) is 0 Å². The van der Waals surface area contributed by atoms with Crippen LogP contribution in [0, 0.1) is 5.82 Å². The topological polar surface area (TPSA) is 91.2 Å². The van der Waals surface area contributed by atoms with Gasteiger partial charge in [-0.2, -0.15) is 0 Å². The molecule has 0 spiro atoms. The second kappa shape index (κ2) is 9.15. The van der Waals surface area contributed by atoms with E-state index in [0.717, 1.165) is 29.7 Å². The molecule has 1 amide bonds. The third-order valence-corrected chi connectivity index (χ3v) is 7.63. The summed E-state index contributed by atoms with van der Waals surface area (Å²) in [6.45, 7) is 4.95. The van der Waals surface area contributed by atoms with Crippen molar-refractivity contribution in [2.24, 2.45) is 0 Å². The zero-order valence-corrected chi connectivity index (χ0v) is 19.9. The third kappa shape index (κ3) is 3.94. The number of hydrogen-bond acceptors (Lipinski definition) is 8. The number of anilines is 1. The van der Waals surface area contributed by atoms with E-state index in [9.17, 15) is 9.59 Å². The lowest BCUT2D eigenvalue weighted by atomic mass is 10.1. The van der Waals surface area contributed by atoms with Crippen LogP contribution < -0.4 is 21.1 Å². The average molecular weight is 497 g/mol. The van der Waals surface area contributed by atoms with E-state index in [1.165, 1.54) is 17.4 Å². The van der Waals surface area contributed by atoms with Crippen LogP contribution in [-0.4, -0.2) is 72.8 Å². The number of carbonyl (C=O) groups is 1. The lowest BCUT2D eigenvalue weighted by molar-refractivity contribution is 0.0126. The molecular formula is C24H25FN6O3S. The Morgan fingerprint density at radius 2 is 1.97 bits per heavy atom. The molecular weight excluding hydrogens is 471 g/mol. The van der Waals surface area contributed by atoms with Gasteiger partial charge in [-0.05, 0) is 31.2 Å². The Bertz CT molecular complexity index is 1490. The quantitative estimate of drug-likeness (QED) is 0.448. The largest absolute Gasteiger partial charge is 0.379 e. The first kappa shape index (κ1) is 22.4. The number of hydrogen-bond donors (Lipinski definition) is 2. The summed E-state index contributed by atoms with van der Waals surface area (Å²) in [6, 6.07) is 8.92. The van der Waals surface area contributed by atoms with Crippen molar-refractivity contribution in [2.45, 2.75) is 6.42 Å². The van der Waals surface area contributed by atoms with Crippen LogP contribution in [0.2, 0.25) is 0 Å². The number of ether oxygens (including phenoxy) is 1. The summed E-state index contributed by atoms with van der Waals surface area (Å²) < 4.78 is 23.4. The monoisotopic (exact) mass is 496 g/mol. The van der Waals surface area contributed by atoms with Crippen molar-refractivity contribution in [1.29, 1.82) is 0 Å². The van der Waals surface area contributed by atoms with E-state index in [4.69, 9.17) is 9.72 Å². The molecule has 5 heterocycles. The molecule has 3 aromatic heterocycles. The number of rotatable bonds is 3. The van der Waals surface area contributed by atoms with Crippen LogP contribution in [0.4, 0.5) is 10.2 Å². The molecule has 2 aliphatic rings. The Labute approximate surface area is 204 Å². The van der Waals surface area contributed by atoms with Gasteiger partial charge in [0.2, 0.25) is 5.43 Å². The molecule has 182 valence electrons. The van der Waals surface area contributed by atoms with E-state index in [0.29, 0.717) is 49.9 Å². The number of amides is 1. The highest BCUT2D eigenvalue weighted by molar-refractivity contribution is 7.24. The molecule has 0 bridgehead atoms. The summed E-state index contributed by atoms with van der Waals surface area (Å²) in [7, 11) is 0. The summed E-state index contributed by atoms with van der Waals surface area (Å²) in [6.07, 6.45) is 0.872. The van der Waals surface area contributed by atoms with E-state index in [-0.39, 0.29) is 16.8 Å². The van der Waals surface area contributed by atoms with Crippen molar-refractivity contribution in [2.75, 3.05) is 57.4 Å². The number of thiazole rings is 1. The van der Waals surface area contributed by atoms with Crippen molar-refractivity contribution in [3.05, 3.63) is 51.9 Å². The van der Waals surface area contributed by atoms with Crippen LogP contribution in [0.15, 0.2) is 35.1 Å². The van der Waals surface area contributed by atoms with Gasteiger partial charge in [0.1, 0.15) is 10.4 Å². The predicted molar refractivity (Wildman–Crippen MR) is 134 cm³/mol. The number of halogens is 1. The first-order valence-electron chi connectivity index (χ1n) is 11.8. The molecule has 4 aromatic rings. The predicted octanol–water partition coefficient (Wildman–Crippen LogP) is 1.98. The van der Waals surface area contributed by atoms with E-state index in [1.54, 1.807) is 5.01 Å². The number of nitrogens with zero attached hydrogens (tertiary/aromatic N) is 4. The second-order valence-electron chi connectivity index (χ2n) is 8.71. The number of fused-ring (bicyclic) bond motifs is 5. The van der Waals surface area contributed by atoms with Crippen LogP contribution in [0.3, 0.4) is 0 Å². The highest BCUT2D eigenvalue weighted by atomic mass is 32.1. The smallest absolute Gasteiger partial charge is 0.272 e. The number of morpholine rings is 1. The molecule has 35 heavy (non-hydrogen) atoms. The van der Waals surface area contributed by atoms with Gasteiger partial charge < -0.3 is 15.0 Å². The molecule has 0 radical (unpaired) electrons. The van der Waals surface area contributed by atoms with Gasteiger partial charge in [0, 0.05) is 32.7 Å². The van der Waals surface area contributed by atoms with Crippen LogP contribution in [0.25, 0.3) is 26.1 Å². The Morgan fingerprint density at radius 1 is 1.14 bits per heavy atom. The zero-order chi connectivity index (χ0) is 23.9. The standard InChI is InChI=1S/C24H25FN6O3S/c25-16-14-15-20(32)19(23(33)28-30-10-12-34-13-11-30)24-31(17-4-1-2-5-18(17)35-24)21(15)27-22(16)29-8-3-6-26-7-9-29/h1-2,4-5,14,26H,3,6-13H2,(H,28,33). The lowest BCUT2D eigenvalue weighted by Crippen LogP contribution is -2.49. The first-order chi connectivity index (χ1) is 17.1. The Balaban J connectivity index is 1.58. The Hall–Kier alpha value is -3.12. The van der Waals surface area contributed by atoms with Gasteiger partial charge in [-0.3, -0.25) is 19.4 Å². The number of benzene rings is 1. The summed E-state index contributed by atoms with van der Waals surface area (Å²) in [5.41, 5.74) is 3.50. The normalized spacial score (nSPS) is 17.8. The van der Waals surface area contributed by atoms with Crippen molar-refractivity contribution in [1.82, 2.24) is 25.1 Å². The second-order valence-corrected chi connectivity index (χ2v) is 9.74. The summed E-state index contributed by atoms with van der Waals surface area (Å²) in [5.74, 6) is -0.836. The van der Waals surface area contributed by atoms with E-state index < -0.39 is 17.2 Å². The van der Waals surface area contributed by atoms with Crippen molar-refractivity contribution in [3.8, 4) is 0 Å². The SMILES string of the molecule is O=C(NN1CCOCC1)c1c(=O)c2cc(F)c(N3CCCNCC3)nc2n2c1sc1ccccc12. The highest BCUT2D eigenvalue weighted by Gasteiger charge is 2.26. The van der Waals surface area contributed by atoms with Gasteiger partial charge in [0.25, 0.3) is 5.91 Å². The molecule has 0 saturated carbocycles. The molecule has 2 saturated heterocycles. The van der Waals surface area contributed by atoms with E-state index >= 15 is 4.39 Å². The van der Waals surface area contributed by atoms with Gasteiger partial charge in [0.05, 0.1) is 28.8 Å².